The maximum atomic E-state index is 12.0. The maximum absolute atomic E-state index is 12.0. The Morgan fingerprint density at radius 2 is 1.26 bits per heavy atom. The van der Waals surface area contributed by atoms with Crippen LogP contribution in [0.1, 0.15) is 53.4 Å². The van der Waals surface area contributed by atoms with Gasteiger partial charge in [-0.1, -0.05) is 27.7 Å². The van der Waals surface area contributed by atoms with Crippen molar-refractivity contribution < 1.29 is 24.0 Å². The molecule has 31 heavy (non-hydrogen) atoms. The fraction of sp³-hybridized carbons (Fsp3) is 0.750. The highest BCUT2D eigenvalue weighted by Crippen LogP contribution is 2.01. The average Bonchev–Trinajstić information content (AvgIpc) is 2.67. The number of primary amides is 1. The van der Waals surface area contributed by atoms with E-state index in [-0.39, 0.29) is 31.5 Å². The summed E-state index contributed by atoms with van der Waals surface area (Å²) in [6.45, 7) is 7.74. The minimum atomic E-state index is -0.808. The van der Waals surface area contributed by atoms with Crippen LogP contribution in [0.4, 0.5) is 0 Å². The summed E-state index contributed by atoms with van der Waals surface area (Å²) in [5.74, 6) is -2.35. The highest BCUT2D eigenvalue weighted by atomic mass is 16.2. The molecule has 0 fully saturated rings. The molecule has 0 aromatic rings. The van der Waals surface area contributed by atoms with E-state index in [0.717, 1.165) is 13.0 Å². The van der Waals surface area contributed by atoms with Gasteiger partial charge in [-0.05, 0) is 31.7 Å². The Hall–Kier alpha value is -2.69. The predicted molar refractivity (Wildman–Crippen MR) is 117 cm³/mol. The second kappa shape index (κ2) is 16.1. The summed E-state index contributed by atoms with van der Waals surface area (Å²) in [6, 6.07) is -0.429. The summed E-state index contributed by atoms with van der Waals surface area (Å²) in [4.78, 5) is 58.4. The molecule has 0 saturated carbocycles. The average molecular weight is 443 g/mol. The first-order valence-electron chi connectivity index (χ1n) is 10.6. The second-order valence-electron chi connectivity index (χ2n) is 8.06. The van der Waals surface area contributed by atoms with Crippen molar-refractivity contribution in [1.29, 1.82) is 0 Å². The summed E-state index contributed by atoms with van der Waals surface area (Å²) >= 11 is 0. The van der Waals surface area contributed by atoms with E-state index in [2.05, 4.69) is 26.6 Å². The Labute approximate surface area is 184 Å². The van der Waals surface area contributed by atoms with Crippen LogP contribution >= 0.6 is 0 Å². The quantitative estimate of drug-likeness (QED) is 0.159. The number of nitrogens with one attached hydrogen (secondary N) is 5. The molecule has 0 spiro atoms. The van der Waals surface area contributed by atoms with Gasteiger partial charge in [0, 0.05) is 12.5 Å². The van der Waals surface area contributed by atoms with Crippen molar-refractivity contribution in [1.82, 2.24) is 26.6 Å². The lowest BCUT2D eigenvalue weighted by Crippen LogP contribution is -2.49. The molecule has 7 N–H and O–H groups in total. The molecule has 0 aromatic carbocycles. The number of nitrogens with two attached hydrogens (primary N) is 1. The molecule has 0 heterocycles. The van der Waals surface area contributed by atoms with Gasteiger partial charge in [-0.2, -0.15) is 0 Å². The minimum absolute atomic E-state index is 0.177. The van der Waals surface area contributed by atoms with E-state index in [9.17, 15) is 24.0 Å². The fourth-order valence-electron chi connectivity index (χ4n) is 2.50. The van der Waals surface area contributed by atoms with Crippen molar-refractivity contribution >= 4 is 29.5 Å². The molecule has 0 aliphatic heterocycles. The highest BCUT2D eigenvalue weighted by molar-refractivity contribution is 5.91. The molecule has 11 heteroatoms. The van der Waals surface area contributed by atoms with E-state index >= 15 is 0 Å². The molecular formula is C20H38N6O5. The number of hydrogen-bond donors (Lipinski definition) is 6. The van der Waals surface area contributed by atoms with Gasteiger partial charge in [0.1, 0.15) is 6.04 Å². The minimum Gasteiger partial charge on any atom is -0.368 e. The van der Waals surface area contributed by atoms with Gasteiger partial charge in [0.25, 0.3) is 0 Å². The topological polar surface area (TPSA) is 172 Å². The second-order valence-corrected chi connectivity index (χ2v) is 8.06. The van der Waals surface area contributed by atoms with E-state index in [1.807, 2.05) is 27.7 Å². The van der Waals surface area contributed by atoms with Crippen molar-refractivity contribution in [2.45, 2.75) is 65.5 Å². The monoisotopic (exact) mass is 442 g/mol. The molecule has 11 nitrogen and oxygen atoms in total. The van der Waals surface area contributed by atoms with E-state index in [4.69, 9.17) is 5.73 Å². The number of carbonyl (C=O) groups excluding carboxylic acids is 5. The number of carbonyl (C=O) groups is 5. The van der Waals surface area contributed by atoms with Gasteiger partial charge in [-0.3, -0.25) is 24.0 Å². The molecule has 0 rings (SSSR count). The molecule has 178 valence electrons. The molecular weight excluding hydrogens is 404 g/mol. The Balaban J connectivity index is 4.08. The van der Waals surface area contributed by atoms with E-state index < -0.39 is 29.7 Å². The Morgan fingerprint density at radius 1 is 0.742 bits per heavy atom. The van der Waals surface area contributed by atoms with Crippen LogP contribution in [0.2, 0.25) is 0 Å². The number of unbranched alkanes of at least 4 members (excludes halogenated alkanes) is 1. The molecule has 1 atom stereocenters. The zero-order valence-corrected chi connectivity index (χ0v) is 19.0. The third-order valence-electron chi connectivity index (χ3n) is 4.08. The van der Waals surface area contributed by atoms with Crippen LogP contribution in [0, 0.1) is 5.92 Å². The molecule has 0 saturated heterocycles. The largest absolute Gasteiger partial charge is 0.368 e. The first-order valence-corrected chi connectivity index (χ1v) is 10.6. The van der Waals surface area contributed by atoms with Gasteiger partial charge in [0.2, 0.25) is 29.5 Å². The molecule has 0 radical (unpaired) electrons. The summed E-state index contributed by atoms with van der Waals surface area (Å²) < 4.78 is 0. The molecule has 0 aliphatic carbocycles. The van der Waals surface area contributed by atoms with Crippen molar-refractivity contribution in [2.24, 2.45) is 11.7 Å². The molecule has 0 aliphatic rings. The van der Waals surface area contributed by atoms with Crippen LogP contribution in [-0.4, -0.2) is 67.8 Å². The van der Waals surface area contributed by atoms with Crippen LogP contribution in [0.15, 0.2) is 0 Å². The van der Waals surface area contributed by atoms with Crippen molar-refractivity contribution in [2.75, 3.05) is 26.2 Å². The SMILES string of the molecule is CC(C)CC(=O)NCC(=O)NCC(=O)NCC(=O)N[C@H](CCCCNC(C)C)C(N)=O. The smallest absolute Gasteiger partial charge is 0.240 e. The Kier molecular flexibility index (Phi) is 14.7. The molecule has 5 amide bonds. The number of amides is 5. The van der Waals surface area contributed by atoms with Crippen LogP contribution in [0.5, 0.6) is 0 Å². The van der Waals surface area contributed by atoms with Crippen LogP contribution < -0.4 is 32.3 Å². The third-order valence-corrected chi connectivity index (χ3v) is 4.08. The fourth-order valence-corrected chi connectivity index (χ4v) is 2.50. The Bertz CT molecular complexity index is 609. The van der Waals surface area contributed by atoms with Crippen LogP contribution in [-0.2, 0) is 24.0 Å². The summed E-state index contributed by atoms with van der Waals surface area (Å²) in [5.41, 5.74) is 5.33. The summed E-state index contributed by atoms with van der Waals surface area (Å²) in [6.07, 6.45) is 2.27. The van der Waals surface area contributed by atoms with Gasteiger partial charge in [-0.15, -0.1) is 0 Å². The first-order chi connectivity index (χ1) is 14.5. The number of rotatable bonds is 16. The summed E-state index contributed by atoms with van der Waals surface area (Å²) in [7, 11) is 0. The van der Waals surface area contributed by atoms with Gasteiger partial charge < -0.3 is 32.3 Å². The third kappa shape index (κ3) is 16.8. The molecule has 0 aromatic heterocycles. The highest BCUT2D eigenvalue weighted by Gasteiger charge is 2.18. The van der Waals surface area contributed by atoms with Crippen LogP contribution in [0.25, 0.3) is 0 Å². The molecule has 0 bridgehead atoms. The first kappa shape index (κ1) is 28.3. The molecule has 0 unspecified atom stereocenters. The van der Waals surface area contributed by atoms with E-state index in [1.165, 1.54) is 0 Å². The van der Waals surface area contributed by atoms with E-state index in [1.54, 1.807) is 0 Å². The predicted octanol–water partition coefficient (Wildman–Crippen LogP) is -1.48. The van der Waals surface area contributed by atoms with Crippen LogP contribution in [0.3, 0.4) is 0 Å². The summed E-state index contributed by atoms with van der Waals surface area (Å²) in [5, 5.41) is 12.9. The zero-order chi connectivity index (χ0) is 23.8. The van der Waals surface area contributed by atoms with Gasteiger partial charge >= 0.3 is 0 Å². The number of hydrogen-bond acceptors (Lipinski definition) is 6. The standard InChI is InChI=1S/C20H38N6O5/c1-13(2)9-16(27)23-10-17(28)24-11-18(29)25-12-19(30)26-15(20(21)31)7-5-6-8-22-14(3)4/h13-15,22H,5-12H2,1-4H3,(H2,21,31)(H,23,27)(H,24,28)(H,25,29)(H,26,30)/t15-/m1/s1. The zero-order valence-electron chi connectivity index (χ0n) is 19.0. The normalized spacial score (nSPS) is 11.7. The van der Waals surface area contributed by atoms with Gasteiger partial charge in [0.15, 0.2) is 0 Å². The van der Waals surface area contributed by atoms with Gasteiger partial charge in [0.05, 0.1) is 19.6 Å². The van der Waals surface area contributed by atoms with Crippen molar-refractivity contribution in [3.8, 4) is 0 Å². The lowest BCUT2D eigenvalue weighted by Gasteiger charge is -2.16. The van der Waals surface area contributed by atoms with E-state index in [0.29, 0.717) is 25.3 Å². The van der Waals surface area contributed by atoms with Crippen molar-refractivity contribution in [3.05, 3.63) is 0 Å². The van der Waals surface area contributed by atoms with Crippen molar-refractivity contribution in [3.63, 3.8) is 0 Å². The lowest BCUT2D eigenvalue weighted by atomic mass is 10.1. The maximum Gasteiger partial charge on any atom is 0.240 e. The lowest BCUT2D eigenvalue weighted by molar-refractivity contribution is -0.129. The Morgan fingerprint density at radius 3 is 1.74 bits per heavy atom. The van der Waals surface area contributed by atoms with Gasteiger partial charge in [-0.25, -0.2) is 0 Å².